The van der Waals surface area contributed by atoms with Gasteiger partial charge in [-0.3, -0.25) is 9.59 Å². The van der Waals surface area contributed by atoms with Crippen LogP contribution in [0.3, 0.4) is 0 Å². The summed E-state index contributed by atoms with van der Waals surface area (Å²) in [4.78, 5) is 41.7. The summed E-state index contributed by atoms with van der Waals surface area (Å²) in [5.41, 5.74) is 4.29. The van der Waals surface area contributed by atoms with E-state index in [0.29, 0.717) is 28.8 Å². The van der Waals surface area contributed by atoms with Crippen molar-refractivity contribution in [3.63, 3.8) is 0 Å². The van der Waals surface area contributed by atoms with Gasteiger partial charge in [0.05, 0.1) is 16.6 Å². The number of aryl methyl sites for hydroxylation is 4. The van der Waals surface area contributed by atoms with Gasteiger partial charge in [0.1, 0.15) is 5.69 Å². The normalized spacial score (nSPS) is 12.0. The predicted molar refractivity (Wildman–Crippen MR) is 112 cm³/mol. The lowest BCUT2D eigenvalue weighted by Gasteiger charge is -2.14. The predicted octanol–water partition coefficient (Wildman–Crippen LogP) is 3.77. The number of nitrogens with zero attached hydrogens (tertiary/aromatic N) is 2. The molecule has 0 N–H and O–H groups in total. The molecule has 0 bridgehead atoms. The number of esters is 1. The highest BCUT2D eigenvalue weighted by atomic mass is 16.5. The lowest BCUT2D eigenvalue weighted by atomic mass is 10.0. The monoisotopic (exact) mass is 392 g/mol. The summed E-state index contributed by atoms with van der Waals surface area (Å²) in [6, 6.07) is 10.3. The molecular formula is C23H24N2O4. The van der Waals surface area contributed by atoms with Gasteiger partial charge in [-0.25, -0.2) is 9.78 Å². The Morgan fingerprint density at radius 2 is 1.72 bits per heavy atom. The molecule has 1 heterocycles. The van der Waals surface area contributed by atoms with E-state index >= 15 is 0 Å². The first-order valence-electron chi connectivity index (χ1n) is 9.56. The van der Waals surface area contributed by atoms with Crippen LogP contribution in [0.1, 0.15) is 51.4 Å². The molecule has 0 spiro atoms. The second-order valence-corrected chi connectivity index (χ2v) is 7.16. The molecule has 0 amide bonds. The number of fused-ring (bicyclic) bond motifs is 1. The quantitative estimate of drug-likeness (QED) is 0.488. The van der Waals surface area contributed by atoms with E-state index in [1.54, 1.807) is 48.7 Å². The Bertz CT molecular complexity index is 1180. The van der Waals surface area contributed by atoms with E-state index in [1.165, 1.54) is 0 Å². The third-order valence-corrected chi connectivity index (χ3v) is 5.11. The van der Waals surface area contributed by atoms with Crippen molar-refractivity contribution in [2.75, 3.05) is 0 Å². The standard InChI is InChI=1S/C23H24N2O4/c1-6-25-20-10-9-18(12-19(20)24-15(4)22(25)27)23(28)29-16(5)21(26)17-8-7-13(2)14(3)11-17/h7-12,16H,6H2,1-5H3/t16-/m0/s1. The summed E-state index contributed by atoms with van der Waals surface area (Å²) < 4.78 is 7.01. The number of hydrogen-bond acceptors (Lipinski definition) is 5. The van der Waals surface area contributed by atoms with Crippen LogP contribution in [-0.2, 0) is 11.3 Å². The van der Waals surface area contributed by atoms with Crippen LogP contribution in [0.2, 0.25) is 0 Å². The molecular weight excluding hydrogens is 368 g/mol. The summed E-state index contributed by atoms with van der Waals surface area (Å²) >= 11 is 0. The third-order valence-electron chi connectivity index (χ3n) is 5.11. The Hall–Kier alpha value is -3.28. The van der Waals surface area contributed by atoms with Crippen LogP contribution < -0.4 is 5.56 Å². The van der Waals surface area contributed by atoms with E-state index in [9.17, 15) is 14.4 Å². The summed E-state index contributed by atoms with van der Waals surface area (Å²) in [7, 11) is 0. The fraction of sp³-hybridized carbons (Fsp3) is 0.304. The van der Waals surface area contributed by atoms with Crippen molar-refractivity contribution < 1.29 is 14.3 Å². The first-order chi connectivity index (χ1) is 13.7. The van der Waals surface area contributed by atoms with Crippen LogP contribution in [0.4, 0.5) is 0 Å². The first-order valence-corrected chi connectivity index (χ1v) is 9.56. The summed E-state index contributed by atoms with van der Waals surface area (Å²) in [5, 5.41) is 0. The largest absolute Gasteiger partial charge is 0.451 e. The molecule has 6 nitrogen and oxygen atoms in total. The summed E-state index contributed by atoms with van der Waals surface area (Å²) in [5.74, 6) is -0.860. The second-order valence-electron chi connectivity index (χ2n) is 7.16. The molecule has 1 atom stereocenters. The number of ketones is 1. The van der Waals surface area contributed by atoms with Crippen LogP contribution in [0.25, 0.3) is 11.0 Å². The number of hydrogen-bond donors (Lipinski definition) is 0. The molecule has 0 saturated carbocycles. The van der Waals surface area contributed by atoms with E-state index in [-0.39, 0.29) is 16.9 Å². The van der Waals surface area contributed by atoms with Crippen molar-refractivity contribution in [1.82, 2.24) is 9.55 Å². The van der Waals surface area contributed by atoms with Gasteiger partial charge in [0.2, 0.25) is 5.78 Å². The van der Waals surface area contributed by atoms with E-state index in [1.807, 2.05) is 26.8 Å². The number of carbonyl (C=O) groups excluding carboxylic acids is 2. The minimum Gasteiger partial charge on any atom is -0.451 e. The molecule has 0 radical (unpaired) electrons. The Morgan fingerprint density at radius 1 is 1.03 bits per heavy atom. The smallest absolute Gasteiger partial charge is 0.338 e. The van der Waals surface area contributed by atoms with Gasteiger partial charge in [-0.2, -0.15) is 0 Å². The first kappa shape index (κ1) is 20.5. The topological polar surface area (TPSA) is 78.3 Å². The highest BCUT2D eigenvalue weighted by molar-refractivity contribution is 6.02. The van der Waals surface area contributed by atoms with E-state index < -0.39 is 12.1 Å². The van der Waals surface area contributed by atoms with E-state index in [2.05, 4.69) is 4.98 Å². The highest BCUT2D eigenvalue weighted by Gasteiger charge is 2.21. The minimum absolute atomic E-state index is 0.150. The maximum absolute atomic E-state index is 12.6. The molecule has 1 aromatic heterocycles. The average Bonchev–Trinajstić information content (AvgIpc) is 2.70. The molecule has 0 unspecified atom stereocenters. The van der Waals surface area contributed by atoms with Gasteiger partial charge >= 0.3 is 5.97 Å². The van der Waals surface area contributed by atoms with Crippen molar-refractivity contribution in [3.05, 3.63) is 74.7 Å². The molecule has 0 aliphatic rings. The van der Waals surface area contributed by atoms with Gasteiger partial charge in [-0.15, -0.1) is 0 Å². The minimum atomic E-state index is -0.917. The number of Topliss-reactive ketones (excluding diaryl/α,β-unsaturated/α-hetero) is 1. The second kappa shape index (κ2) is 7.99. The van der Waals surface area contributed by atoms with Crippen molar-refractivity contribution >= 4 is 22.8 Å². The van der Waals surface area contributed by atoms with Crippen LogP contribution in [0.15, 0.2) is 41.2 Å². The van der Waals surface area contributed by atoms with Crippen LogP contribution in [0, 0.1) is 20.8 Å². The highest BCUT2D eigenvalue weighted by Crippen LogP contribution is 2.17. The van der Waals surface area contributed by atoms with E-state index in [0.717, 1.165) is 11.1 Å². The Labute approximate surface area is 169 Å². The molecule has 0 fully saturated rings. The zero-order valence-electron chi connectivity index (χ0n) is 17.3. The van der Waals surface area contributed by atoms with Gasteiger partial charge in [-0.05, 0) is 70.0 Å². The van der Waals surface area contributed by atoms with Gasteiger partial charge in [0, 0.05) is 12.1 Å². The average molecular weight is 392 g/mol. The van der Waals surface area contributed by atoms with Crippen molar-refractivity contribution in [3.8, 4) is 0 Å². The molecule has 29 heavy (non-hydrogen) atoms. The Morgan fingerprint density at radius 3 is 2.38 bits per heavy atom. The maximum Gasteiger partial charge on any atom is 0.338 e. The number of rotatable bonds is 5. The van der Waals surface area contributed by atoms with Gasteiger partial charge < -0.3 is 9.30 Å². The third kappa shape index (κ3) is 3.97. The molecule has 0 aliphatic carbocycles. The molecule has 3 aromatic rings. The van der Waals surface area contributed by atoms with Gasteiger partial charge in [0.25, 0.3) is 5.56 Å². The zero-order valence-corrected chi connectivity index (χ0v) is 17.3. The molecule has 3 rings (SSSR count). The number of ether oxygens (including phenoxy) is 1. The molecule has 6 heteroatoms. The fourth-order valence-electron chi connectivity index (χ4n) is 3.23. The van der Waals surface area contributed by atoms with Gasteiger partial charge in [0.15, 0.2) is 6.10 Å². The lowest BCUT2D eigenvalue weighted by Crippen LogP contribution is -2.25. The number of carbonyl (C=O) groups is 2. The molecule has 0 saturated heterocycles. The van der Waals surface area contributed by atoms with Crippen molar-refractivity contribution in [2.45, 2.75) is 47.3 Å². The number of aromatic nitrogens is 2. The fourth-order valence-corrected chi connectivity index (χ4v) is 3.23. The molecule has 0 aliphatic heterocycles. The van der Waals surface area contributed by atoms with Crippen molar-refractivity contribution in [1.29, 1.82) is 0 Å². The SMILES string of the molecule is CCn1c(=O)c(C)nc2cc(C(=O)O[C@@H](C)C(=O)c3ccc(C)c(C)c3)ccc21. The van der Waals surface area contributed by atoms with Crippen LogP contribution in [-0.4, -0.2) is 27.4 Å². The van der Waals surface area contributed by atoms with Crippen LogP contribution in [0.5, 0.6) is 0 Å². The van der Waals surface area contributed by atoms with E-state index in [4.69, 9.17) is 4.74 Å². The van der Waals surface area contributed by atoms with Crippen molar-refractivity contribution in [2.24, 2.45) is 0 Å². The molecule has 150 valence electrons. The lowest BCUT2D eigenvalue weighted by molar-refractivity contribution is 0.0319. The van der Waals surface area contributed by atoms with Gasteiger partial charge in [-0.1, -0.05) is 12.1 Å². The molecule has 2 aromatic carbocycles. The summed E-state index contributed by atoms with van der Waals surface area (Å²) in [6.07, 6.45) is -0.917. The van der Waals surface area contributed by atoms with Crippen LogP contribution >= 0.6 is 0 Å². The summed E-state index contributed by atoms with van der Waals surface area (Å²) in [6.45, 7) is 9.49. The Kier molecular flexibility index (Phi) is 5.64. The number of benzene rings is 2. The Balaban J connectivity index is 1.85. The maximum atomic E-state index is 12.6. The zero-order chi connectivity index (χ0) is 21.3.